The molecule has 0 spiro atoms. The van der Waals surface area contributed by atoms with E-state index in [0.29, 0.717) is 30.4 Å². The monoisotopic (exact) mass is 344 g/mol. The molecule has 126 valence electrons. The highest BCUT2D eigenvalue weighted by Crippen LogP contribution is 2.43. The van der Waals surface area contributed by atoms with E-state index in [2.05, 4.69) is 24.8 Å². The molecular formula is C17H20N4O2S. The van der Waals surface area contributed by atoms with Crippen molar-refractivity contribution in [3.05, 3.63) is 16.0 Å². The second kappa shape index (κ2) is 5.59. The van der Waals surface area contributed by atoms with E-state index in [9.17, 15) is 5.26 Å². The standard InChI is InChI=1S/C17H20N4O2S/c1-17(2)7-10-11(9-23-17)15(21-3-5-22-6-4-21)20-16-13(10)14(19)12(8-18)24-16/h3-7,9,19H2,1-2H3. The number of morpholine rings is 1. The van der Waals surface area contributed by atoms with Crippen molar-refractivity contribution in [2.75, 3.05) is 36.9 Å². The van der Waals surface area contributed by atoms with E-state index >= 15 is 0 Å². The normalized spacial score (nSPS) is 20.0. The van der Waals surface area contributed by atoms with Gasteiger partial charge in [-0.1, -0.05) is 0 Å². The lowest BCUT2D eigenvalue weighted by atomic mass is 9.89. The molecule has 2 aromatic heterocycles. The summed E-state index contributed by atoms with van der Waals surface area (Å²) < 4.78 is 11.5. The number of nitriles is 1. The predicted octanol–water partition coefficient (Wildman–Crippen LogP) is 2.44. The zero-order valence-corrected chi connectivity index (χ0v) is 14.7. The number of rotatable bonds is 1. The van der Waals surface area contributed by atoms with Crippen LogP contribution in [0.15, 0.2) is 0 Å². The molecule has 0 bridgehead atoms. The molecule has 1 fully saturated rings. The Kier molecular flexibility index (Phi) is 3.64. The van der Waals surface area contributed by atoms with E-state index in [1.807, 2.05) is 0 Å². The first-order valence-electron chi connectivity index (χ1n) is 8.10. The van der Waals surface area contributed by atoms with Crippen LogP contribution in [0.25, 0.3) is 10.2 Å². The summed E-state index contributed by atoms with van der Waals surface area (Å²) >= 11 is 1.38. The summed E-state index contributed by atoms with van der Waals surface area (Å²) in [5.74, 6) is 0.960. The van der Waals surface area contributed by atoms with Crippen molar-refractivity contribution in [3.8, 4) is 6.07 Å². The third-order valence-corrected chi connectivity index (χ3v) is 5.70. The lowest BCUT2D eigenvalue weighted by molar-refractivity contribution is -0.0396. The summed E-state index contributed by atoms with van der Waals surface area (Å²) in [6.07, 6.45) is 0.768. The van der Waals surface area contributed by atoms with Crippen molar-refractivity contribution in [2.24, 2.45) is 0 Å². The number of anilines is 2. The summed E-state index contributed by atoms with van der Waals surface area (Å²) in [7, 11) is 0. The first-order valence-corrected chi connectivity index (χ1v) is 8.92. The molecule has 0 unspecified atom stereocenters. The van der Waals surface area contributed by atoms with Gasteiger partial charge in [0.15, 0.2) is 0 Å². The van der Waals surface area contributed by atoms with Crippen LogP contribution in [-0.4, -0.2) is 36.9 Å². The van der Waals surface area contributed by atoms with Gasteiger partial charge in [-0.3, -0.25) is 0 Å². The molecule has 0 atom stereocenters. The fourth-order valence-electron chi connectivity index (χ4n) is 3.46. The van der Waals surface area contributed by atoms with Gasteiger partial charge in [-0.2, -0.15) is 5.26 Å². The second-order valence-corrected chi connectivity index (χ2v) is 7.85. The van der Waals surface area contributed by atoms with E-state index in [0.717, 1.165) is 41.1 Å². The minimum Gasteiger partial charge on any atom is -0.396 e. The highest BCUT2D eigenvalue weighted by atomic mass is 32.1. The number of hydrogen-bond acceptors (Lipinski definition) is 7. The molecule has 0 saturated carbocycles. The zero-order valence-electron chi connectivity index (χ0n) is 13.9. The van der Waals surface area contributed by atoms with Crippen LogP contribution in [0.1, 0.15) is 29.9 Å². The highest BCUT2D eigenvalue weighted by molar-refractivity contribution is 7.19. The van der Waals surface area contributed by atoms with Crippen molar-refractivity contribution in [1.82, 2.24) is 4.98 Å². The number of thiophene rings is 1. The Hall–Kier alpha value is -1.88. The van der Waals surface area contributed by atoms with Crippen LogP contribution >= 0.6 is 11.3 Å². The van der Waals surface area contributed by atoms with Crippen LogP contribution in [-0.2, 0) is 22.5 Å². The van der Waals surface area contributed by atoms with Crippen molar-refractivity contribution in [2.45, 2.75) is 32.5 Å². The smallest absolute Gasteiger partial charge is 0.136 e. The SMILES string of the molecule is CC1(C)Cc2c(c(N3CCOCC3)nc3sc(C#N)c(N)c23)CO1. The van der Waals surface area contributed by atoms with Gasteiger partial charge in [0, 0.05) is 30.5 Å². The van der Waals surface area contributed by atoms with Gasteiger partial charge in [-0.15, -0.1) is 11.3 Å². The molecule has 24 heavy (non-hydrogen) atoms. The van der Waals surface area contributed by atoms with E-state index in [4.69, 9.17) is 20.2 Å². The number of nitrogens with zero attached hydrogens (tertiary/aromatic N) is 3. The largest absolute Gasteiger partial charge is 0.396 e. The lowest BCUT2D eigenvalue weighted by Gasteiger charge is -2.36. The van der Waals surface area contributed by atoms with Gasteiger partial charge in [-0.05, 0) is 19.4 Å². The maximum Gasteiger partial charge on any atom is 0.136 e. The van der Waals surface area contributed by atoms with Gasteiger partial charge in [0.1, 0.15) is 21.6 Å². The van der Waals surface area contributed by atoms with E-state index in [1.165, 1.54) is 16.9 Å². The molecule has 2 aliphatic heterocycles. The number of aromatic nitrogens is 1. The maximum atomic E-state index is 9.35. The maximum absolute atomic E-state index is 9.35. The molecule has 0 amide bonds. The Morgan fingerprint density at radius 3 is 2.75 bits per heavy atom. The molecule has 2 aliphatic rings. The first-order chi connectivity index (χ1) is 11.5. The molecule has 4 heterocycles. The topological polar surface area (TPSA) is 84.4 Å². The van der Waals surface area contributed by atoms with Crippen LogP contribution in [0.4, 0.5) is 11.5 Å². The van der Waals surface area contributed by atoms with Crippen molar-refractivity contribution < 1.29 is 9.47 Å². The van der Waals surface area contributed by atoms with E-state index < -0.39 is 0 Å². The van der Waals surface area contributed by atoms with Crippen molar-refractivity contribution in [3.63, 3.8) is 0 Å². The van der Waals surface area contributed by atoms with Crippen LogP contribution in [0.3, 0.4) is 0 Å². The average molecular weight is 344 g/mol. The quantitative estimate of drug-likeness (QED) is 0.855. The Balaban J connectivity index is 1.96. The molecule has 0 aliphatic carbocycles. The molecule has 7 heteroatoms. The Labute approximate surface area is 144 Å². The summed E-state index contributed by atoms with van der Waals surface area (Å²) in [5, 5.41) is 10.3. The van der Waals surface area contributed by atoms with E-state index in [-0.39, 0.29) is 5.60 Å². The number of fused-ring (bicyclic) bond motifs is 3. The van der Waals surface area contributed by atoms with Gasteiger partial charge in [0.25, 0.3) is 0 Å². The van der Waals surface area contributed by atoms with Gasteiger partial charge < -0.3 is 20.1 Å². The average Bonchev–Trinajstić information content (AvgIpc) is 2.90. The Morgan fingerprint density at radius 1 is 1.29 bits per heavy atom. The van der Waals surface area contributed by atoms with Gasteiger partial charge >= 0.3 is 0 Å². The van der Waals surface area contributed by atoms with E-state index in [1.54, 1.807) is 0 Å². The molecule has 0 radical (unpaired) electrons. The van der Waals surface area contributed by atoms with Crippen molar-refractivity contribution in [1.29, 1.82) is 5.26 Å². The summed E-state index contributed by atoms with van der Waals surface area (Å²) in [6, 6.07) is 2.20. The predicted molar refractivity (Wildman–Crippen MR) is 94.4 cm³/mol. The minimum absolute atomic E-state index is 0.245. The fourth-order valence-corrected chi connectivity index (χ4v) is 4.38. The number of nitrogens with two attached hydrogens (primary N) is 1. The van der Waals surface area contributed by atoms with Crippen molar-refractivity contribution >= 4 is 33.1 Å². The molecule has 6 nitrogen and oxygen atoms in total. The fraction of sp³-hybridized carbons (Fsp3) is 0.529. The van der Waals surface area contributed by atoms with Crippen LogP contribution < -0.4 is 10.6 Å². The highest BCUT2D eigenvalue weighted by Gasteiger charge is 2.33. The molecular weight excluding hydrogens is 324 g/mol. The molecule has 2 aromatic rings. The zero-order chi connectivity index (χ0) is 16.9. The van der Waals surface area contributed by atoms with Crippen LogP contribution in [0, 0.1) is 11.3 Å². The second-order valence-electron chi connectivity index (χ2n) is 6.85. The molecule has 4 rings (SSSR count). The third-order valence-electron chi connectivity index (χ3n) is 4.69. The van der Waals surface area contributed by atoms with Gasteiger partial charge in [0.2, 0.25) is 0 Å². The molecule has 2 N–H and O–H groups in total. The molecule has 1 saturated heterocycles. The number of hydrogen-bond donors (Lipinski definition) is 1. The van der Waals surface area contributed by atoms with Gasteiger partial charge in [0.05, 0.1) is 31.1 Å². The third kappa shape index (κ3) is 2.42. The van der Waals surface area contributed by atoms with Crippen LogP contribution in [0.5, 0.6) is 0 Å². The number of ether oxygens (including phenoxy) is 2. The minimum atomic E-state index is -0.245. The summed E-state index contributed by atoms with van der Waals surface area (Å²) in [4.78, 5) is 8.52. The lowest BCUT2D eigenvalue weighted by Crippen LogP contribution is -2.39. The Bertz CT molecular complexity index is 847. The first kappa shape index (κ1) is 15.6. The van der Waals surface area contributed by atoms with Gasteiger partial charge in [-0.25, -0.2) is 4.98 Å². The number of pyridine rings is 1. The Morgan fingerprint density at radius 2 is 2.04 bits per heavy atom. The molecule has 0 aromatic carbocycles. The number of nitrogen functional groups attached to an aromatic ring is 1. The van der Waals surface area contributed by atoms with Crippen LogP contribution in [0.2, 0.25) is 0 Å². The summed E-state index contributed by atoms with van der Waals surface area (Å²) in [5.41, 5.74) is 8.88. The summed E-state index contributed by atoms with van der Waals surface area (Å²) in [6.45, 7) is 7.75.